The Kier molecular flexibility index (Phi) is 4.24. The molecule has 94 valence electrons. The van der Waals surface area contributed by atoms with Crippen LogP contribution in [0.2, 0.25) is 0 Å². The van der Waals surface area contributed by atoms with Gasteiger partial charge in [0.2, 0.25) is 0 Å². The second-order valence-electron chi connectivity index (χ2n) is 4.49. The molecule has 0 aliphatic rings. The van der Waals surface area contributed by atoms with Gasteiger partial charge in [0, 0.05) is 5.69 Å². The molecule has 0 amide bonds. The Bertz CT molecular complexity index is 464. The van der Waals surface area contributed by atoms with Crippen molar-refractivity contribution in [3.8, 4) is 5.75 Å². The molecule has 0 aliphatic heterocycles. The first-order valence-corrected chi connectivity index (χ1v) is 6.26. The maximum Gasteiger partial charge on any atom is 0.119 e. The number of nitrogens with one attached hydrogen (secondary N) is 1. The summed E-state index contributed by atoms with van der Waals surface area (Å²) >= 11 is 0. The summed E-state index contributed by atoms with van der Waals surface area (Å²) in [6.07, 6.45) is 0.133. The molecule has 2 aromatic carbocycles. The fourth-order valence-corrected chi connectivity index (χ4v) is 1.71. The number of anilines is 1. The number of para-hydroxylation sites is 1. The maximum atomic E-state index is 5.80. The molecule has 0 aliphatic carbocycles. The number of rotatable bonds is 5. The first kappa shape index (κ1) is 12.5. The molecule has 1 N–H and O–H groups in total. The summed E-state index contributed by atoms with van der Waals surface area (Å²) in [5.41, 5.74) is 2.40. The number of benzene rings is 2. The van der Waals surface area contributed by atoms with E-state index in [-0.39, 0.29) is 6.10 Å². The van der Waals surface area contributed by atoms with Gasteiger partial charge in [-0.3, -0.25) is 0 Å². The Morgan fingerprint density at radius 1 is 1.00 bits per heavy atom. The highest BCUT2D eigenvalue weighted by atomic mass is 16.5. The first-order chi connectivity index (χ1) is 8.74. The van der Waals surface area contributed by atoms with Crippen molar-refractivity contribution >= 4 is 5.69 Å². The molecule has 1 unspecified atom stereocenters. The van der Waals surface area contributed by atoms with Crippen LogP contribution in [0.4, 0.5) is 5.69 Å². The largest absolute Gasteiger partial charge is 0.489 e. The van der Waals surface area contributed by atoms with Crippen LogP contribution in [0.5, 0.6) is 5.75 Å². The summed E-state index contributed by atoms with van der Waals surface area (Å²) in [5, 5.41) is 3.37. The summed E-state index contributed by atoms with van der Waals surface area (Å²) in [6.45, 7) is 4.94. The molecule has 0 radical (unpaired) electrons. The molecule has 0 spiro atoms. The lowest BCUT2D eigenvalue weighted by molar-refractivity contribution is 0.235. The first-order valence-electron chi connectivity index (χ1n) is 6.26. The van der Waals surface area contributed by atoms with Gasteiger partial charge in [-0.05, 0) is 38.1 Å². The topological polar surface area (TPSA) is 21.3 Å². The van der Waals surface area contributed by atoms with Gasteiger partial charge in [-0.15, -0.1) is 0 Å². The fraction of sp³-hybridized carbons (Fsp3) is 0.250. The average molecular weight is 241 g/mol. The van der Waals surface area contributed by atoms with Crippen molar-refractivity contribution < 1.29 is 4.74 Å². The minimum absolute atomic E-state index is 0.133. The van der Waals surface area contributed by atoms with Crippen molar-refractivity contribution in [2.75, 3.05) is 11.9 Å². The summed E-state index contributed by atoms with van der Waals surface area (Å²) in [4.78, 5) is 0. The van der Waals surface area contributed by atoms with Crippen LogP contribution in [-0.2, 0) is 0 Å². The van der Waals surface area contributed by atoms with Crippen molar-refractivity contribution in [3.63, 3.8) is 0 Å². The lowest BCUT2D eigenvalue weighted by atomic mass is 10.2. The third kappa shape index (κ3) is 3.81. The van der Waals surface area contributed by atoms with Crippen LogP contribution in [0.1, 0.15) is 12.5 Å². The van der Waals surface area contributed by atoms with E-state index in [1.54, 1.807) is 0 Å². The predicted molar refractivity (Wildman–Crippen MR) is 76.2 cm³/mol. The molecule has 0 saturated heterocycles. The van der Waals surface area contributed by atoms with E-state index in [9.17, 15) is 0 Å². The van der Waals surface area contributed by atoms with Crippen LogP contribution < -0.4 is 10.1 Å². The van der Waals surface area contributed by atoms with Crippen LogP contribution in [-0.4, -0.2) is 12.6 Å². The van der Waals surface area contributed by atoms with Crippen LogP contribution in [0.15, 0.2) is 54.6 Å². The smallest absolute Gasteiger partial charge is 0.119 e. The fourth-order valence-electron chi connectivity index (χ4n) is 1.71. The quantitative estimate of drug-likeness (QED) is 0.858. The molecule has 2 aromatic rings. The molecule has 0 aromatic heterocycles. The second kappa shape index (κ2) is 6.10. The highest BCUT2D eigenvalue weighted by molar-refractivity contribution is 5.44. The van der Waals surface area contributed by atoms with Crippen molar-refractivity contribution in [3.05, 3.63) is 60.2 Å². The van der Waals surface area contributed by atoms with E-state index in [0.717, 1.165) is 18.0 Å². The zero-order valence-electron chi connectivity index (χ0n) is 10.9. The molecule has 1 atom stereocenters. The zero-order chi connectivity index (χ0) is 12.8. The third-order valence-corrected chi connectivity index (χ3v) is 2.73. The predicted octanol–water partition coefficient (Wildman–Crippen LogP) is 3.87. The Balaban J connectivity index is 1.81. The summed E-state index contributed by atoms with van der Waals surface area (Å²) in [5.74, 6) is 0.913. The van der Waals surface area contributed by atoms with Crippen LogP contribution in [0, 0.1) is 6.92 Å². The number of aryl methyl sites for hydroxylation is 1. The summed E-state index contributed by atoms with van der Waals surface area (Å²) in [6, 6.07) is 18.3. The number of ether oxygens (including phenoxy) is 1. The zero-order valence-corrected chi connectivity index (χ0v) is 10.9. The van der Waals surface area contributed by atoms with Gasteiger partial charge in [0.25, 0.3) is 0 Å². The third-order valence-electron chi connectivity index (χ3n) is 2.73. The SMILES string of the molecule is Cc1ccc(NCC(C)Oc2ccccc2)cc1. The molecule has 2 nitrogen and oxygen atoms in total. The van der Waals surface area contributed by atoms with E-state index >= 15 is 0 Å². The maximum absolute atomic E-state index is 5.80. The molecular weight excluding hydrogens is 222 g/mol. The monoisotopic (exact) mass is 241 g/mol. The summed E-state index contributed by atoms with van der Waals surface area (Å²) in [7, 11) is 0. The highest BCUT2D eigenvalue weighted by Gasteiger charge is 2.03. The van der Waals surface area contributed by atoms with Gasteiger partial charge in [-0.2, -0.15) is 0 Å². The Hall–Kier alpha value is -1.96. The standard InChI is InChI=1S/C16H19NO/c1-13-8-10-15(11-9-13)17-12-14(2)18-16-6-4-3-5-7-16/h3-11,14,17H,12H2,1-2H3. The van der Waals surface area contributed by atoms with Gasteiger partial charge in [0.05, 0.1) is 6.54 Å². The van der Waals surface area contributed by atoms with E-state index < -0.39 is 0 Å². The van der Waals surface area contributed by atoms with E-state index in [4.69, 9.17) is 4.74 Å². The van der Waals surface area contributed by atoms with Crippen molar-refractivity contribution in [1.82, 2.24) is 0 Å². The molecule has 18 heavy (non-hydrogen) atoms. The Morgan fingerprint density at radius 3 is 2.33 bits per heavy atom. The number of hydrogen-bond donors (Lipinski definition) is 1. The van der Waals surface area contributed by atoms with Gasteiger partial charge < -0.3 is 10.1 Å². The van der Waals surface area contributed by atoms with Crippen molar-refractivity contribution in [1.29, 1.82) is 0 Å². The van der Waals surface area contributed by atoms with Crippen molar-refractivity contribution in [2.24, 2.45) is 0 Å². The van der Waals surface area contributed by atoms with Crippen molar-refractivity contribution in [2.45, 2.75) is 20.0 Å². The van der Waals surface area contributed by atoms with Crippen LogP contribution >= 0.6 is 0 Å². The lowest BCUT2D eigenvalue weighted by Crippen LogP contribution is -2.22. The van der Waals surface area contributed by atoms with Gasteiger partial charge in [-0.25, -0.2) is 0 Å². The minimum Gasteiger partial charge on any atom is -0.489 e. The molecule has 2 rings (SSSR count). The molecule has 0 heterocycles. The van der Waals surface area contributed by atoms with Gasteiger partial charge in [0.15, 0.2) is 0 Å². The molecule has 2 heteroatoms. The number of hydrogen-bond acceptors (Lipinski definition) is 2. The Morgan fingerprint density at radius 2 is 1.67 bits per heavy atom. The highest BCUT2D eigenvalue weighted by Crippen LogP contribution is 2.12. The van der Waals surface area contributed by atoms with Gasteiger partial charge in [-0.1, -0.05) is 35.9 Å². The van der Waals surface area contributed by atoms with Gasteiger partial charge >= 0.3 is 0 Å². The van der Waals surface area contributed by atoms with Gasteiger partial charge in [0.1, 0.15) is 11.9 Å². The minimum atomic E-state index is 0.133. The molecule has 0 fully saturated rings. The van der Waals surface area contributed by atoms with E-state index in [1.807, 2.05) is 30.3 Å². The Labute approximate surface area is 109 Å². The molecular formula is C16H19NO. The second-order valence-corrected chi connectivity index (χ2v) is 4.49. The van der Waals surface area contributed by atoms with E-state index in [1.165, 1.54) is 5.56 Å². The lowest BCUT2D eigenvalue weighted by Gasteiger charge is -2.16. The summed E-state index contributed by atoms with van der Waals surface area (Å²) < 4.78 is 5.80. The van der Waals surface area contributed by atoms with Crippen LogP contribution in [0.3, 0.4) is 0 Å². The molecule has 0 saturated carbocycles. The van der Waals surface area contributed by atoms with E-state index in [0.29, 0.717) is 0 Å². The molecule has 0 bridgehead atoms. The van der Waals surface area contributed by atoms with Crippen LogP contribution in [0.25, 0.3) is 0 Å². The van der Waals surface area contributed by atoms with E-state index in [2.05, 4.69) is 43.4 Å². The average Bonchev–Trinajstić information content (AvgIpc) is 2.39. The normalized spacial score (nSPS) is 11.9.